The van der Waals surface area contributed by atoms with E-state index in [1.807, 2.05) is 0 Å². The van der Waals surface area contributed by atoms with Crippen LogP contribution in [0.4, 0.5) is 4.39 Å². The lowest BCUT2D eigenvalue weighted by Gasteiger charge is -2.03. The van der Waals surface area contributed by atoms with Crippen molar-refractivity contribution >= 4 is 29.6 Å². The summed E-state index contributed by atoms with van der Waals surface area (Å²) in [4.78, 5) is 21.5. The lowest BCUT2D eigenvalue weighted by atomic mass is 10.2. The fraction of sp³-hybridized carbons (Fsp3) is 0.231. The maximum atomic E-state index is 13.4. The minimum Gasteiger partial charge on any atom is -0.480 e. The van der Waals surface area contributed by atoms with Gasteiger partial charge in [-0.05, 0) is 18.2 Å². The number of benzene rings is 1. The second-order valence-corrected chi connectivity index (χ2v) is 4.11. The Labute approximate surface area is 120 Å². The minimum absolute atomic E-state index is 0.0757. The van der Waals surface area contributed by atoms with Crippen LogP contribution in [0.2, 0.25) is 5.02 Å². The van der Waals surface area contributed by atoms with Crippen LogP contribution < -0.4 is 5.32 Å². The van der Waals surface area contributed by atoms with Gasteiger partial charge in [0.1, 0.15) is 12.4 Å². The van der Waals surface area contributed by atoms with Crippen molar-refractivity contribution in [1.82, 2.24) is 5.32 Å². The Morgan fingerprint density at radius 3 is 2.85 bits per heavy atom. The highest BCUT2D eigenvalue weighted by Crippen LogP contribution is 2.20. The van der Waals surface area contributed by atoms with Gasteiger partial charge in [0.15, 0.2) is 0 Å². The molecule has 7 heteroatoms. The molecule has 2 N–H and O–H groups in total. The summed E-state index contributed by atoms with van der Waals surface area (Å²) in [5.41, 5.74) is 0.131. The molecule has 20 heavy (non-hydrogen) atoms. The van der Waals surface area contributed by atoms with Gasteiger partial charge in [0.25, 0.3) is 0 Å². The second-order valence-electron chi connectivity index (χ2n) is 3.71. The van der Waals surface area contributed by atoms with Gasteiger partial charge in [0.2, 0.25) is 5.91 Å². The van der Waals surface area contributed by atoms with Gasteiger partial charge in [-0.3, -0.25) is 4.79 Å². The average molecular weight is 302 g/mol. The molecule has 0 saturated carbocycles. The maximum absolute atomic E-state index is 13.4. The van der Waals surface area contributed by atoms with E-state index in [4.69, 9.17) is 21.4 Å². The molecule has 108 valence electrons. The lowest BCUT2D eigenvalue weighted by Crippen LogP contribution is -2.26. The van der Waals surface area contributed by atoms with Crippen molar-refractivity contribution in [3.63, 3.8) is 0 Å². The molecule has 0 heterocycles. The van der Waals surface area contributed by atoms with E-state index in [0.29, 0.717) is 0 Å². The molecule has 0 aliphatic rings. The number of carboxylic acids is 1. The summed E-state index contributed by atoms with van der Waals surface area (Å²) in [5.74, 6) is -2.06. The van der Waals surface area contributed by atoms with Gasteiger partial charge >= 0.3 is 5.97 Å². The molecule has 0 fully saturated rings. The smallest absolute Gasteiger partial charge is 0.329 e. The van der Waals surface area contributed by atoms with Crippen molar-refractivity contribution in [1.29, 1.82) is 0 Å². The molecule has 0 bridgehead atoms. The Balaban J connectivity index is 2.38. The number of halogens is 2. The van der Waals surface area contributed by atoms with Crippen LogP contribution >= 0.6 is 11.6 Å². The van der Waals surface area contributed by atoms with Crippen molar-refractivity contribution in [3.8, 4) is 0 Å². The van der Waals surface area contributed by atoms with Gasteiger partial charge in [-0.25, -0.2) is 9.18 Å². The van der Waals surface area contributed by atoms with E-state index in [1.165, 1.54) is 24.3 Å². The largest absolute Gasteiger partial charge is 0.480 e. The first-order chi connectivity index (χ1) is 9.50. The third-order valence-corrected chi connectivity index (χ3v) is 2.50. The van der Waals surface area contributed by atoms with Crippen molar-refractivity contribution in [2.45, 2.75) is 0 Å². The molecule has 0 radical (unpaired) electrons. The van der Waals surface area contributed by atoms with Crippen LogP contribution in [0.3, 0.4) is 0 Å². The number of aliphatic carboxylic acids is 1. The van der Waals surface area contributed by atoms with Crippen molar-refractivity contribution in [2.75, 3.05) is 19.8 Å². The molecule has 1 aromatic rings. The standard InChI is InChI=1S/C13H13ClFNO4/c14-10-2-1-3-11(15)9(10)4-5-12(17)16-6-7-20-8-13(18)19/h1-5H,6-8H2,(H,16,17)(H,18,19). The highest BCUT2D eigenvalue weighted by atomic mass is 35.5. The first-order valence-corrected chi connectivity index (χ1v) is 6.08. The normalized spacial score (nSPS) is 10.7. The van der Waals surface area contributed by atoms with Gasteiger partial charge < -0.3 is 15.2 Å². The van der Waals surface area contributed by atoms with Crippen LogP contribution in [0.1, 0.15) is 5.56 Å². The zero-order chi connectivity index (χ0) is 15.0. The zero-order valence-corrected chi connectivity index (χ0v) is 11.2. The summed E-state index contributed by atoms with van der Waals surface area (Å²) in [7, 11) is 0. The number of rotatable bonds is 7. The number of nitrogens with one attached hydrogen (secondary N) is 1. The summed E-state index contributed by atoms with van der Waals surface area (Å²) in [5, 5.41) is 11.0. The van der Waals surface area contributed by atoms with Gasteiger partial charge in [-0.1, -0.05) is 17.7 Å². The molecule has 0 aliphatic heterocycles. The molecule has 1 amide bonds. The number of hydrogen-bond donors (Lipinski definition) is 2. The van der Waals surface area contributed by atoms with E-state index in [-0.39, 0.29) is 23.7 Å². The van der Waals surface area contributed by atoms with Crippen molar-refractivity contribution < 1.29 is 23.8 Å². The van der Waals surface area contributed by atoms with E-state index in [0.717, 1.165) is 6.08 Å². The Kier molecular flexibility index (Phi) is 6.69. The number of hydrogen-bond acceptors (Lipinski definition) is 3. The number of amides is 1. The maximum Gasteiger partial charge on any atom is 0.329 e. The first-order valence-electron chi connectivity index (χ1n) is 5.70. The monoisotopic (exact) mass is 301 g/mol. The van der Waals surface area contributed by atoms with E-state index < -0.39 is 24.3 Å². The summed E-state index contributed by atoms with van der Waals surface area (Å²) >= 11 is 5.79. The van der Waals surface area contributed by atoms with E-state index >= 15 is 0 Å². The highest BCUT2D eigenvalue weighted by molar-refractivity contribution is 6.32. The first kappa shape index (κ1) is 16.1. The fourth-order valence-corrected chi connectivity index (χ4v) is 1.52. The van der Waals surface area contributed by atoms with Gasteiger partial charge in [0, 0.05) is 18.2 Å². The third kappa shape index (κ3) is 5.81. The number of carbonyl (C=O) groups excluding carboxylic acids is 1. The number of carbonyl (C=O) groups is 2. The number of ether oxygens (including phenoxy) is 1. The van der Waals surface area contributed by atoms with E-state index in [9.17, 15) is 14.0 Å². The number of carboxylic acid groups (broad SMARTS) is 1. The van der Waals surface area contributed by atoms with Crippen LogP contribution in [0, 0.1) is 5.82 Å². The molecule has 0 saturated heterocycles. The fourth-order valence-electron chi connectivity index (χ4n) is 1.29. The summed E-state index contributed by atoms with van der Waals surface area (Å²) in [6.07, 6.45) is 2.41. The van der Waals surface area contributed by atoms with Crippen LogP contribution in [-0.2, 0) is 14.3 Å². The van der Waals surface area contributed by atoms with Crippen molar-refractivity contribution in [3.05, 3.63) is 40.7 Å². The highest BCUT2D eigenvalue weighted by Gasteiger charge is 2.04. The Hall–Kier alpha value is -1.92. The summed E-state index contributed by atoms with van der Waals surface area (Å²) < 4.78 is 18.1. The molecular weight excluding hydrogens is 289 g/mol. The van der Waals surface area contributed by atoms with Gasteiger partial charge in [-0.15, -0.1) is 0 Å². The van der Waals surface area contributed by atoms with Crippen LogP contribution in [0.25, 0.3) is 6.08 Å². The Bertz CT molecular complexity index is 499. The quantitative estimate of drug-likeness (QED) is 0.594. The Morgan fingerprint density at radius 1 is 1.45 bits per heavy atom. The van der Waals surface area contributed by atoms with Crippen LogP contribution in [0.15, 0.2) is 24.3 Å². The van der Waals surface area contributed by atoms with E-state index in [2.05, 4.69) is 5.32 Å². The molecule has 1 rings (SSSR count). The Morgan fingerprint density at radius 2 is 2.20 bits per heavy atom. The summed E-state index contributed by atoms with van der Waals surface area (Å²) in [6.45, 7) is -0.190. The summed E-state index contributed by atoms with van der Waals surface area (Å²) in [6, 6.07) is 4.22. The molecular formula is C13H13ClFNO4. The van der Waals surface area contributed by atoms with Gasteiger partial charge in [-0.2, -0.15) is 0 Å². The molecule has 0 aromatic heterocycles. The topological polar surface area (TPSA) is 75.6 Å². The third-order valence-electron chi connectivity index (χ3n) is 2.17. The minimum atomic E-state index is -1.08. The SMILES string of the molecule is O=C(O)COCCNC(=O)C=Cc1c(F)cccc1Cl. The zero-order valence-electron chi connectivity index (χ0n) is 10.4. The van der Waals surface area contributed by atoms with Crippen molar-refractivity contribution in [2.24, 2.45) is 0 Å². The predicted octanol–water partition coefficient (Wildman–Crippen LogP) is 1.71. The molecule has 1 aromatic carbocycles. The lowest BCUT2D eigenvalue weighted by molar-refractivity contribution is -0.142. The van der Waals surface area contributed by atoms with Crippen LogP contribution in [-0.4, -0.2) is 36.7 Å². The van der Waals surface area contributed by atoms with Gasteiger partial charge in [0.05, 0.1) is 11.6 Å². The van der Waals surface area contributed by atoms with E-state index in [1.54, 1.807) is 0 Å². The van der Waals surface area contributed by atoms with Crippen LogP contribution in [0.5, 0.6) is 0 Å². The average Bonchev–Trinajstić information content (AvgIpc) is 2.37. The predicted molar refractivity (Wildman–Crippen MR) is 71.9 cm³/mol. The molecule has 0 aliphatic carbocycles. The molecule has 0 atom stereocenters. The molecule has 5 nitrogen and oxygen atoms in total. The second kappa shape index (κ2) is 8.29. The molecule has 0 unspecified atom stereocenters. The molecule has 0 spiro atoms.